The van der Waals surface area contributed by atoms with Crippen LogP contribution in [0.2, 0.25) is 0 Å². The van der Waals surface area contributed by atoms with Crippen molar-refractivity contribution in [2.45, 2.75) is 32.2 Å². The van der Waals surface area contributed by atoms with Crippen LogP contribution in [0, 0.1) is 0 Å². The van der Waals surface area contributed by atoms with Gasteiger partial charge in [0.25, 0.3) is 5.91 Å². The summed E-state index contributed by atoms with van der Waals surface area (Å²) in [4.78, 5) is 14.6. The standard InChI is InChI=1S/C16H21NO5S/c1-2-3-7-17(13-6-8-23(19,20)10-13)16(18)12-4-5-14-15(9-12)22-11-21-14/h4-5,9,13H,2-3,6-8,10-11H2,1H3/t13-/m0/s1. The quantitative estimate of drug-likeness (QED) is 0.818. The molecule has 0 saturated carbocycles. The van der Waals surface area contributed by atoms with Crippen LogP contribution < -0.4 is 9.47 Å². The fourth-order valence-electron chi connectivity index (χ4n) is 2.99. The van der Waals surface area contributed by atoms with Crippen molar-refractivity contribution in [3.05, 3.63) is 23.8 Å². The summed E-state index contributed by atoms with van der Waals surface area (Å²) in [6.45, 7) is 2.78. The van der Waals surface area contributed by atoms with Crippen molar-refractivity contribution in [1.82, 2.24) is 4.90 Å². The Kier molecular flexibility index (Phi) is 4.48. The highest BCUT2D eigenvalue weighted by Crippen LogP contribution is 2.33. The van der Waals surface area contributed by atoms with E-state index < -0.39 is 9.84 Å². The van der Waals surface area contributed by atoms with Gasteiger partial charge >= 0.3 is 0 Å². The highest BCUT2D eigenvalue weighted by molar-refractivity contribution is 7.91. The molecule has 2 heterocycles. The third-order valence-corrected chi connectivity index (χ3v) is 6.03. The summed E-state index contributed by atoms with van der Waals surface area (Å²) in [6, 6.07) is 4.87. The number of unbranched alkanes of at least 4 members (excludes halogenated alkanes) is 1. The topological polar surface area (TPSA) is 72.9 Å². The van der Waals surface area contributed by atoms with Gasteiger partial charge < -0.3 is 14.4 Å². The summed E-state index contributed by atoms with van der Waals surface area (Å²) in [7, 11) is -3.03. The fraction of sp³-hybridized carbons (Fsp3) is 0.562. The Labute approximate surface area is 136 Å². The molecule has 7 heteroatoms. The molecule has 2 aliphatic rings. The molecule has 0 aromatic heterocycles. The normalized spacial score (nSPS) is 21.3. The Hall–Kier alpha value is -1.76. The van der Waals surface area contributed by atoms with Crippen LogP contribution >= 0.6 is 0 Å². The van der Waals surface area contributed by atoms with E-state index in [1.54, 1.807) is 23.1 Å². The number of hydrogen-bond acceptors (Lipinski definition) is 5. The van der Waals surface area contributed by atoms with Gasteiger partial charge in [-0.25, -0.2) is 8.42 Å². The molecule has 1 aromatic carbocycles. The van der Waals surface area contributed by atoms with Gasteiger partial charge in [0.15, 0.2) is 21.3 Å². The minimum Gasteiger partial charge on any atom is -0.454 e. The molecule has 0 unspecified atom stereocenters. The van der Waals surface area contributed by atoms with E-state index >= 15 is 0 Å². The Balaban J connectivity index is 1.82. The molecule has 126 valence electrons. The summed E-state index contributed by atoms with van der Waals surface area (Å²) in [5, 5.41) is 0. The minimum atomic E-state index is -3.03. The summed E-state index contributed by atoms with van der Waals surface area (Å²) < 4.78 is 34.1. The average Bonchev–Trinajstić information content (AvgIpc) is 3.12. The van der Waals surface area contributed by atoms with E-state index in [2.05, 4.69) is 6.92 Å². The zero-order valence-corrected chi connectivity index (χ0v) is 14.0. The van der Waals surface area contributed by atoms with Gasteiger partial charge in [-0.1, -0.05) is 13.3 Å². The molecule has 0 radical (unpaired) electrons. The average molecular weight is 339 g/mol. The molecular weight excluding hydrogens is 318 g/mol. The number of nitrogens with zero attached hydrogens (tertiary/aromatic N) is 1. The first-order valence-electron chi connectivity index (χ1n) is 7.91. The Morgan fingerprint density at radius 2 is 2.09 bits per heavy atom. The lowest BCUT2D eigenvalue weighted by Crippen LogP contribution is -2.41. The van der Waals surface area contributed by atoms with Gasteiger partial charge in [-0.3, -0.25) is 4.79 Å². The number of amides is 1. The predicted molar refractivity (Wildman–Crippen MR) is 85.6 cm³/mol. The van der Waals surface area contributed by atoms with Gasteiger partial charge in [-0.15, -0.1) is 0 Å². The van der Waals surface area contributed by atoms with Gasteiger partial charge in [0, 0.05) is 18.2 Å². The predicted octanol–water partition coefficient (Wildman–Crippen LogP) is 1.84. The van der Waals surface area contributed by atoms with E-state index in [0.717, 1.165) is 12.8 Å². The van der Waals surface area contributed by atoms with E-state index in [-0.39, 0.29) is 30.2 Å². The molecule has 1 amide bonds. The third kappa shape index (κ3) is 3.44. The summed E-state index contributed by atoms with van der Waals surface area (Å²) >= 11 is 0. The van der Waals surface area contributed by atoms with Gasteiger partial charge in [0.1, 0.15) is 0 Å². The molecule has 6 nitrogen and oxygen atoms in total. The number of fused-ring (bicyclic) bond motifs is 1. The zero-order valence-electron chi connectivity index (χ0n) is 13.2. The van der Waals surface area contributed by atoms with E-state index in [0.29, 0.717) is 30.0 Å². The molecule has 0 spiro atoms. The maximum atomic E-state index is 12.9. The molecule has 0 aliphatic carbocycles. The molecule has 1 atom stereocenters. The second-order valence-corrected chi connectivity index (χ2v) is 8.21. The van der Waals surface area contributed by atoms with E-state index in [1.165, 1.54) is 0 Å². The highest BCUT2D eigenvalue weighted by Gasteiger charge is 2.35. The number of carbonyl (C=O) groups excluding carboxylic acids is 1. The zero-order chi connectivity index (χ0) is 16.4. The van der Waals surface area contributed by atoms with Crippen LogP contribution in [0.5, 0.6) is 11.5 Å². The smallest absolute Gasteiger partial charge is 0.254 e. The summed E-state index contributed by atoms with van der Waals surface area (Å²) in [5.74, 6) is 1.27. The number of hydrogen-bond donors (Lipinski definition) is 0. The number of ether oxygens (including phenoxy) is 2. The highest BCUT2D eigenvalue weighted by atomic mass is 32.2. The molecule has 2 aliphatic heterocycles. The molecule has 3 rings (SSSR count). The van der Waals surface area contributed by atoms with Crippen LogP contribution in [0.25, 0.3) is 0 Å². The van der Waals surface area contributed by atoms with Crippen LogP contribution in [-0.4, -0.2) is 50.1 Å². The van der Waals surface area contributed by atoms with Gasteiger partial charge in [0.05, 0.1) is 11.5 Å². The maximum Gasteiger partial charge on any atom is 0.254 e. The first-order valence-corrected chi connectivity index (χ1v) is 9.73. The van der Waals surface area contributed by atoms with Crippen molar-refractivity contribution in [3.8, 4) is 11.5 Å². The lowest BCUT2D eigenvalue weighted by atomic mass is 10.1. The van der Waals surface area contributed by atoms with Crippen molar-refractivity contribution in [3.63, 3.8) is 0 Å². The molecule has 1 fully saturated rings. The summed E-state index contributed by atoms with van der Waals surface area (Å²) in [6.07, 6.45) is 2.32. The van der Waals surface area contributed by atoms with Gasteiger partial charge in [-0.2, -0.15) is 0 Å². The molecule has 1 aromatic rings. The van der Waals surface area contributed by atoms with Crippen molar-refractivity contribution < 1.29 is 22.7 Å². The third-order valence-electron chi connectivity index (χ3n) is 4.28. The van der Waals surface area contributed by atoms with Gasteiger partial charge in [0.2, 0.25) is 6.79 Å². The van der Waals surface area contributed by atoms with E-state index in [4.69, 9.17) is 9.47 Å². The number of benzene rings is 1. The lowest BCUT2D eigenvalue weighted by molar-refractivity contribution is 0.0694. The SMILES string of the molecule is CCCCN(C(=O)c1ccc2c(c1)OCO2)[C@H]1CCS(=O)(=O)C1. The number of sulfone groups is 1. The van der Waals surface area contributed by atoms with Crippen molar-refractivity contribution in [2.24, 2.45) is 0 Å². The first-order chi connectivity index (χ1) is 11.0. The fourth-order valence-corrected chi connectivity index (χ4v) is 4.73. The van der Waals surface area contributed by atoms with Crippen LogP contribution in [0.15, 0.2) is 18.2 Å². The molecule has 0 N–H and O–H groups in total. The van der Waals surface area contributed by atoms with Crippen molar-refractivity contribution in [2.75, 3.05) is 24.8 Å². The van der Waals surface area contributed by atoms with E-state index in [1.807, 2.05) is 0 Å². The Morgan fingerprint density at radius 1 is 1.30 bits per heavy atom. The molecule has 1 saturated heterocycles. The van der Waals surface area contributed by atoms with Crippen LogP contribution in [0.4, 0.5) is 0 Å². The van der Waals surface area contributed by atoms with E-state index in [9.17, 15) is 13.2 Å². The lowest BCUT2D eigenvalue weighted by Gasteiger charge is -2.28. The molecule has 0 bridgehead atoms. The summed E-state index contributed by atoms with van der Waals surface area (Å²) in [5.41, 5.74) is 0.509. The second-order valence-electron chi connectivity index (χ2n) is 5.98. The maximum absolute atomic E-state index is 12.9. The first kappa shape index (κ1) is 16.1. The minimum absolute atomic E-state index is 0.0625. The van der Waals surface area contributed by atoms with Crippen LogP contribution in [0.1, 0.15) is 36.5 Å². The Morgan fingerprint density at radius 3 is 2.78 bits per heavy atom. The van der Waals surface area contributed by atoms with Gasteiger partial charge in [-0.05, 0) is 31.0 Å². The number of carbonyl (C=O) groups is 1. The molecule has 23 heavy (non-hydrogen) atoms. The van der Waals surface area contributed by atoms with Crippen molar-refractivity contribution >= 4 is 15.7 Å². The van der Waals surface area contributed by atoms with Crippen LogP contribution in [0.3, 0.4) is 0 Å². The largest absolute Gasteiger partial charge is 0.454 e. The second kappa shape index (κ2) is 6.39. The Bertz CT molecular complexity index is 700. The number of rotatable bonds is 5. The monoisotopic (exact) mass is 339 g/mol. The molecular formula is C16H21NO5S. The van der Waals surface area contributed by atoms with Crippen molar-refractivity contribution in [1.29, 1.82) is 0 Å². The van der Waals surface area contributed by atoms with Crippen LogP contribution in [-0.2, 0) is 9.84 Å².